The number of nitrogens with zero attached hydrogens (tertiary/aromatic N) is 2. The first-order chi connectivity index (χ1) is 11.9. The minimum Gasteiger partial charge on any atom is -0.320 e. The van der Waals surface area contributed by atoms with Crippen LogP contribution < -0.4 is 5.32 Å². The summed E-state index contributed by atoms with van der Waals surface area (Å²) < 4.78 is 55.8. The first-order valence-electron chi connectivity index (χ1n) is 7.87. The molecule has 1 atom stereocenters. The van der Waals surface area contributed by atoms with Crippen molar-refractivity contribution in [1.29, 1.82) is 0 Å². The van der Waals surface area contributed by atoms with E-state index in [1.54, 1.807) is 19.2 Å². The van der Waals surface area contributed by atoms with E-state index in [1.165, 1.54) is 16.8 Å². The predicted molar refractivity (Wildman–Crippen MR) is 87.8 cm³/mol. The second-order valence-corrected chi connectivity index (χ2v) is 5.75. The van der Waals surface area contributed by atoms with Crippen LogP contribution in [-0.2, 0) is 6.18 Å². The number of fused-ring (bicyclic) bond motifs is 1. The third-order valence-corrected chi connectivity index (χ3v) is 4.14. The topological polar surface area (TPSA) is 29.9 Å². The maximum atomic E-state index is 14.3. The van der Waals surface area contributed by atoms with Gasteiger partial charge in [-0.15, -0.1) is 5.10 Å². The standard InChI is InChI=1S/C18H17F4N3/c1-23-11-10-15(12-6-3-2-4-7-12)25-16-13(17(19)24-25)8-5-9-14(16)18(20,21)22/h2-9,15,23H,10-11H2,1H3. The molecule has 0 spiro atoms. The van der Waals surface area contributed by atoms with Crippen molar-refractivity contribution >= 4 is 10.9 Å². The van der Waals surface area contributed by atoms with Crippen LogP contribution in [0.2, 0.25) is 0 Å². The number of nitrogens with one attached hydrogen (secondary N) is 1. The molecule has 1 unspecified atom stereocenters. The average Bonchev–Trinajstić information content (AvgIpc) is 2.92. The minimum atomic E-state index is -4.59. The fourth-order valence-corrected chi connectivity index (χ4v) is 3.00. The largest absolute Gasteiger partial charge is 0.418 e. The van der Waals surface area contributed by atoms with Gasteiger partial charge in [0.05, 0.1) is 22.5 Å². The maximum Gasteiger partial charge on any atom is 0.418 e. The number of para-hydroxylation sites is 1. The number of aromatic nitrogens is 2. The van der Waals surface area contributed by atoms with Crippen molar-refractivity contribution in [2.75, 3.05) is 13.6 Å². The van der Waals surface area contributed by atoms with E-state index < -0.39 is 23.7 Å². The zero-order chi connectivity index (χ0) is 18.0. The molecule has 0 saturated carbocycles. The van der Waals surface area contributed by atoms with Gasteiger partial charge in [-0.25, -0.2) is 0 Å². The Morgan fingerprint density at radius 1 is 1.08 bits per heavy atom. The van der Waals surface area contributed by atoms with Gasteiger partial charge in [0, 0.05) is 0 Å². The van der Waals surface area contributed by atoms with Crippen LogP contribution in [0.15, 0.2) is 48.5 Å². The Hall–Kier alpha value is -2.41. The molecule has 0 bridgehead atoms. The Morgan fingerprint density at radius 3 is 2.44 bits per heavy atom. The van der Waals surface area contributed by atoms with Crippen molar-refractivity contribution in [3.8, 4) is 0 Å². The molecule has 0 aliphatic heterocycles. The molecule has 0 saturated heterocycles. The van der Waals surface area contributed by atoms with Crippen LogP contribution in [0.5, 0.6) is 0 Å². The third kappa shape index (κ3) is 3.37. The van der Waals surface area contributed by atoms with Gasteiger partial charge in [-0.2, -0.15) is 17.6 Å². The number of rotatable bonds is 5. The van der Waals surface area contributed by atoms with Crippen LogP contribution in [0.3, 0.4) is 0 Å². The molecule has 1 heterocycles. The lowest BCUT2D eigenvalue weighted by molar-refractivity contribution is -0.136. The van der Waals surface area contributed by atoms with Gasteiger partial charge in [-0.05, 0) is 37.7 Å². The van der Waals surface area contributed by atoms with Crippen molar-refractivity contribution in [3.05, 3.63) is 65.6 Å². The van der Waals surface area contributed by atoms with E-state index in [-0.39, 0.29) is 10.9 Å². The van der Waals surface area contributed by atoms with Crippen LogP contribution in [0.1, 0.15) is 23.6 Å². The minimum absolute atomic E-state index is 0.125. The molecule has 1 aromatic heterocycles. The third-order valence-electron chi connectivity index (χ3n) is 4.14. The van der Waals surface area contributed by atoms with Crippen molar-refractivity contribution < 1.29 is 17.6 Å². The lowest BCUT2D eigenvalue weighted by Gasteiger charge is -2.20. The molecule has 0 aliphatic carbocycles. The summed E-state index contributed by atoms with van der Waals surface area (Å²) in [6.07, 6.45) is -4.11. The zero-order valence-electron chi connectivity index (χ0n) is 13.5. The van der Waals surface area contributed by atoms with E-state index in [0.717, 1.165) is 11.6 Å². The number of hydrogen-bond acceptors (Lipinski definition) is 2. The molecule has 0 fully saturated rings. The number of hydrogen-bond donors (Lipinski definition) is 1. The molecule has 3 rings (SSSR count). The van der Waals surface area contributed by atoms with Gasteiger partial charge in [0.1, 0.15) is 0 Å². The smallest absolute Gasteiger partial charge is 0.320 e. The van der Waals surface area contributed by atoms with Crippen LogP contribution in [0, 0.1) is 5.95 Å². The highest BCUT2D eigenvalue weighted by molar-refractivity contribution is 5.83. The summed E-state index contributed by atoms with van der Waals surface area (Å²) in [6.45, 7) is 0.552. The molecule has 3 nitrogen and oxygen atoms in total. The molecule has 0 radical (unpaired) electrons. The molecule has 1 N–H and O–H groups in total. The Morgan fingerprint density at radius 2 is 1.80 bits per heavy atom. The van der Waals surface area contributed by atoms with Crippen molar-refractivity contribution in [2.24, 2.45) is 0 Å². The summed E-state index contributed by atoms with van der Waals surface area (Å²) >= 11 is 0. The normalized spacial score (nSPS) is 13.3. The summed E-state index contributed by atoms with van der Waals surface area (Å²) in [5, 5.41) is 6.67. The first kappa shape index (κ1) is 17.4. The monoisotopic (exact) mass is 351 g/mol. The average molecular weight is 351 g/mol. The molecule has 7 heteroatoms. The lowest BCUT2D eigenvalue weighted by atomic mass is 10.0. The lowest BCUT2D eigenvalue weighted by Crippen LogP contribution is -2.20. The fourth-order valence-electron chi connectivity index (χ4n) is 3.00. The molecular weight excluding hydrogens is 334 g/mol. The Kier molecular flexibility index (Phi) is 4.76. The molecule has 2 aromatic carbocycles. The van der Waals surface area contributed by atoms with Crippen molar-refractivity contribution in [2.45, 2.75) is 18.6 Å². The van der Waals surface area contributed by atoms with Gasteiger partial charge in [0.15, 0.2) is 0 Å². The van der Waals surface area contributed by atoms with Crippen LogP contribution in [0.4, 0.5) is 17.6 Å². The quantitative estimate of drug-likeness (QED) is 0.691. The van der Waals surface area contributed by atoms with Gasteiger partial charge >= 0.3 is 6.18 Å². The zero-order valence-corrected chi connectivity index (χ0v) is 13.5. The van der Waals surface area contributed by atoms with E-state index in [9.17, 15) is 17.6 Å². The molecule has 0 aliphatic rings. The summed E-state index contributed by atoms with van der Waals surface area (Å²) in [7, 11) is 1.75. The predicted octanol–water partition coefficient (Wildman–Crippen LogP) is 4.39. The fraction of sp³-hybridized carbons (Fsp3) is 0.278. The van der Waals surface area contributed by atoms with Crippen molar-refractivity contribution in [3.63, 3.8) is 0 Å². The van der Waals surface area contributed by atoms with Gasteiger partial charge in [-0.1, -0.05) is 36.4 Å². The van der Waals surface area contributed by atoms with E-state index in [0.29, 0.717) is 13.0 Å². The van der Waals surface area contributed by atoms with Crippen molar-refractivity contribution in [1.82, 2.24) is 15.1 Å². The van der Waals surface area contributed by atoms with Crippen LogP contribution in [0.25, 0.3) is 10.9 Å². The van der Waals surface area contributed by atoms with E-state index in [2.05, 4.69) is 10.4 Å². The van der Waals surface area contributed by atoms with Gasteiger partial charge in [0.2, 0.25) is 5.95 Å². The van der Waals surface area contributed by atoms with E-state index in [1.807, 2.05) is 18.2 Å². The summed E-state index contributed by atoms with van der Waals surface area (Å²) in [4.78, 5) is 0. The highest BCUT2D eigenvalue weighted by Crippen LogP contribution is 2.37. The Labute approximate surface area is 142 Å². The van der Waals surface area contributed by atoms with Gasteiger partial charge in [0.25, 0.3) is 0 Å². The molecular formula is C18H17F4N3. The molecule has 132 valence electrons. The molecule has 3 aromatic rings. The highest BCUT2D eigenvalue weighted by Gasteiger charge is 2.35. The summed E-state index contributed by atoms with van der Waals surface area (Å²) in [6, 6.07) is 12.0. The van der Waals surface area contributed by atoms with Crippen LogP contribution in [-0.4, -0.2) is 23.4 Å². The second-order valence-electron chi connectivity index (χ2n) is 5.75. The summed E-state index contributed by atoms with van der Waals surface area (Å²) in [5.74, 6) is -0.897. The van der Waals surface area contributed by atoms with Gasteiger partial charge in [-0.3, -0.25) is 4.68 Å². The molecule has 0 amide bonds. The maximum absolute atomic E-state index is 14.3. The number of benzene rings is 2. The van der Waals surface area contributed by atoms with E-state index in [4.69, 9.17) is 0 Å². The second kappa shape index (κ2) is 6.84. The van der Waals surface area contributed by atoms with Gasteiger partial charge < -0.3 is 5.32 Å². The van der Waals surface area contributed by atoms with E-state index >= 15 is 0 Å². The number of halogens is 4. The molecule has 25 heavy (non-hydrogen) atoms. The highest BCUT2D eigenvalue weighted by atomic mass is 19.4. The van der Waals surface area contributed by atoms with Crippen LogP contribution >= 0.6 is 0 Å². The Balaban J connectivity index is 2.24. The summed E-state index contributed by atoms with van der Waals surface area (Å²) in [5.41, 5.74) is -0.330. The first-order valence-corrected chi connectivity index (χ1v) is 7.87. The Bertz CT molecular complexity index is 856. The SMILES string of the molecule is CNCCC(c1ccccc1)n1nc(F)c2cccc(C(F)(F)F)c21. The number of alkyl halides is 3.